The second kappa shape index (κ2) is 5.08. The van der Waals surface area contributed by atoms with Gasteiger partial charge in [0.05, 0.1) is 0 Å². The smallest absolute Gasteiger partial charge is 0.126 e. The third kappa shape index (κ3) is 3.95. The Kier molecular flexibility index (Phi) is 3.97. The summed E-state index contributed by atoms with van der Waals surface area (Å²) < 4.78 is 1.07. The topological polar surface area (TPSA) is 24.9 Å². The molecule has 3 heteroatoms. The van der Waals surface area contributed by atoms with E-state index < -0.39 is 0 Å². The van der Waals surface area contributed by atoms with Crippen LogP contribution in [0.15, 0.2) is 16.7 Å². The lowest BCUT2D eigenvalue weighted by Crippen LogP contribution is -2.40. The van der Waals surface area contributed by atoms with Crippen molar-refractivity contribution in [3.05, 3.63) is 22.3 Å². The summed E-state index contributed by atoms with van der Waals surface area (Å²) in [6, 6.07) is 2.64. The SMILES string of the molecule is Cc1cc(NC2CC(C)(C)CC(C)(C)C2)ncc1Br. The molecule has 1 aliphatic carbocycles. The van der Waals surface area contributed by atoms with Crippen LogP contribution in [-0.2, 0) is 0 Å². The lowest BCUT2D eigenvalue weighted by Gasteiger charge is -2.45. The minimum absolute atomic E-state index is 0.407. The van der Waals surface area contributed by atoms with Crippen molar-refractivity contribution < 1.29 is 0 Å². The first kappa shape index (κ1) is 14.8. The number of anilines is 1. The molecule has 1 heterocycles. The summed E-state index contributed by atoms with van der Waals surface area (Å²) in [5.41, 5.74) is 2.04. The summed E-state index contributed by atoms with van der Waals surface area (Å²) in [5.74, 6) is 0.999. The maximum Gasteiger partial charge on any atom is 0.126 e. The van der Waals surface area contributed by atoms with Crippen LogP contribution in [0, 0.1) is 17.8 Å². The molecule has 0 aromatic carbocycles. The third-order valence-electron chi connectivity index (χ3n) is 3.95. The van der Waals surface area contributed by atoms with Gasteiger partial charge >= 0.3 is 0 Å². The Balaban J connectivity index is 2.11. The average molecular weight is 325 g/mol. The summed E-state index contributed by atoms with van der Waals surface area (Å²) in [7, 11) is 0. The van der Waals surface area contributed by atoms with Crippen LogP contribution in [0.25, 0.3) is 0 Å². The molecule has 0 bridgehead atoms. The van der Waals surface area contributed by atoms with Crippen molar-refractivity contribution >= 4 is 21.7 Å². The number of rotatable bonds is 2. The maximum atomic E-state index is 4.47. The van der Waals surface area contributed by atoms with Gasteiger partial charge in [0.1, 0.15) is 5.82 Å². The zero-order chi connectivity index (χ0) is 14.3. The van der Waals surface area contributed by atoms with Crippen LogP contribution in [0.2, 0.25) is 0 Å². The fourth-order valence-electron chi connectivity index (χ4n) is 3.78. The number of hydrogen-bond acceptors (Lipinski definition) is 2. The highest BCUT2D eigenvalue weighted by molar-refractivity contribution is 9.10. The molecule has 106 valence electrons. The molecule has 1 saturated carbocycles. The van der Waals surface area contributed by atoms with Gasteiger partial charge in [-0.3, -0.25) is 0 Å². The van der Waals surface area contributed by atoms with Gasteiger partial charge in [-0.2, -0.15) is 0 Å². The second-order valence-electron chi connectivity index (χ2n) is 7.57. The fraction of sp³-hybridized carbons (Fsp3) is 0.688. The summed E-state index contributed by atoms with van der Waals surface area (Å²) in [6.45, 7) is 11.6. The molecule has 1 N–H and O–H groups in total. The van der Waals surface area contributed by atoms with E-state index in [-0.39, 0.29) is 0 Å². The number of aryl methyl sites for hydroxylation is 1. The Morgan fingerprint density at radius 1 is 1.21 bits per heavy atom. The van der Waals surface area contributed by atoms with Crippen LogP contribution in [0.5, 0.6) is 0 Å². The average Bonchev–Trinajstić information content (AvgIpc) is 2.18. The number of nitrogens with one attached hydrogen (secondary N) is 1. The molecule has 0 spiro atoms. The summed E-state index contributed by atoms with van der Waals surface area (Å²) in [5, 5.41) is 3.63. The standard InChI is InChI=1S/C16H25BrN2/c1-11-6-14(18-9-13(11)17)19-12-7-15(2,3)10-16(4,5)8-12/h6,9,12H,7-8,10H2,1-5H3,(H,18,19). The Morgan fingerprint density at radius 2 is 1.79 bits per heavy atom. The van der Waals surface area contributed by atoms with Crippen LogP contribution < -0.4 is 5.32 Å². The van der Waals surface area contributed by atoms with E-state index in [0.29, 0.717) is 16.9 Å². The minimum Gasteiger partial charge on any atom is -0.367 e. The van der Waals surface area contributed by atoms with Crippen molar-refractivity contribution in [3.8, 4) is 0 Å². The predicted molar refractivity (Wildman–Crippen MR) is 85.5 cm³/mol. The van der Waals surface area contributed by atoms with Crippen LogP contribution in [0.4, 0.5) is 5.82 Å². The van der Waals surface area contributed by atoms with Gasteiger partial charge in [-0.05, 0) is 64.6 Å². The van der Waals surface area contributed by atoms with Gasteiger partial charge in [-0.15, -0.1) is 0 Å². The molecule has 0 amide bonds. The molecule has 1 fully saturated rings. The third-order valence-corrected chi connectivity index (χ3v) is 4.78. The van der Waals surface area contributed by atoms with Gasteiger partial charge in [-0.25, -0.2) is 4.98 Å². The van der Waals surface area contributed by atoms with Crippen LogP contribution in [0.1, 0.15) is 52.5 Å². The largest absolute Gasteiger partial charge is 0.367 e. The zero-order valence-electron chi connectivity index (χ0n) is 12.7. The number of halogens is 1. The number of hydrogen-bond donors (Lipinski definition) is 1. The van der Waals surface area contributed by atoms with Crippen molar-refractivity contribution in [1.29, 1.82) is 0 Å². The number of pyridine rings is 1. The van der Waals surface area contributed by atoms with Crippen LogP contribution >= 0.6 is 15.9 Å². The highest BCUT2D eigenvalue weighted by Gasteiger charge is 2.38. The highest BCUT2D eigenvalue weighted by Crippen LogP contribution is 2.46. The van der Waals surface area contributed by atoms with E-state index in [1.165, 1.54) is 24.8 Å². The predicted octanol–water partition coefficient (Wildman–Crippen LogP) is 5.17. The monoisotopic (exact) mass is 324 g/mol. The Labute approximate surface area is 125 Å². The molecule has 19 heavy (non-hydrogen) atoms. The second-order valence-corrected chi connectivity index (χ2v) is 8.43. The number of aromatic nitrogens is 1. The molecular formula is C16H25BrN2. The molecule has 2 rings (SSSR count). The van der Waals surface area contributed by atoms with Crippen LogP contribution in [0.3, 0.4) is 0 Å². The van der Waals surface area contributed by atoms with E-state index >= 15 is 0 Å². The first-order chi connectivity index (χ1) is 8.67. The molecule has 0 radical (unpaired) electrons. The van der Waals surface area contributed by atoms with Crippen molar-refractivity contribution in [2.75, 3.05) is 5.32 Å². The van der Waals surface area contributed by atoms with Crippen molar-refractivity contribution in [1.82, 2.24) is 4.98 Å². The van der Waals surface area contributed by atoms with Crippen LogP contribution in [-0.4, -0.2) is 11.0 Å². The normalized spacial score (nSPS) is 22.2. The quantitative estimate of drug-likeness (QED) is 0.811. The molecule has 0 atom stereocenters. The molecule has 1 aromatic heterocycles. The van der Waals surface area contributed by atoms with E-state index in [1.807, 2.05) is 6.20 Å². The van der Waals surface area contributed by atoms with E-state index in [0.717, 1.165) is 10.3 Å². The lowest BCUT2D eigenvalue weighted by molar-refractivity contribution is 0.105. The van der Waals surface area contributed by atoms with E-state index in [1.54, 1.807) is 0 Å². The summed E-state index contributed by atoms with van der Waals surface area (Å²) in [6.07, 6.45) is 5.61. The molecule has 1 aliphatic rings. The molecular weight excluding hydrogens is 300 g/mol. The highest BCUT2D eigenvalue weighted by atomic mass is 79.9. The Bertz CT molecular complexity index is 450. The van der Waals surface area contributed by atoms with E-state index in [2.05, 4.69) is 66.9 Å². The first-order valence-corrected chi connectivity index (χ1v) is 7.85. The molecule has 0 unspecified atom stereocenters. The van der Waals surface area contributed by atoms with Gasteiger partial charge in [0.25, 0.3) is 0 Å². The summed E-state index contributed by atoms with van der Waals surface area (Å²) >= 11 is 3.50. The van der Waals surface area contributed by atoms with Crippen molar-refractivity contribution in [2.45, 2.75) is 59.9 Å². The molecule has 0 saturated heterocycles. The van der Waals surface area contributed by atoms with Crippen molar-refractivity contribution in [3.63, 3.8) is 0 Å². The molecule has 0 aliphatic heterocycles. The first-order valence-electron chi connectivity index (χ1n) is 7.06. The van der Waals surface area contributed by atoms with Crippen molar-refractivity contribution in [2.24, 2.45) is 10.8 Å². The maximum absolute atomic E-state index is 4.47. The molecule has 1 aromatic rings. The number of nitrogens with zero attached hydrogens (tertiary/aromatic N) is 1. The van der Waals surface area contributed by atoms with E-state index in [4.69, 9.17) is 0 Å². The summed E-state index contributed by atoms with van der Waals surface area (Å²) in [4.78, 5) is 4.47. The lowest BCUT2D eigenvalue weighted by atomic mass is 9.63. The van der Waals surface area contributed by atoms with Gasteiger partial charge in [0.2, 0.25) is 0 Å². The Morgan fingerprint density at radius 3 is 2.32 bits per heavy atom. The minimum atomic E-state index is 0.407. The molecule has 2 nitrogen and oxygen atoms in total. The zero-order valence-corrected chi connectivity index (χ0v) is 14.3. The van der Waals surface area contributed by atoms with Gasteiger partial charge in [0.15, 0.2) is 0 Å². The fourth-order valence-corrected chi connectivity index (χ4v) is 3.99. The Hall–Kier alpha value is -0.570. The van der Waals surface area contributed by atoms with E-state index in [9.17, 15) is 0 Å². The van der Waals surface area contributed by atoms with Gasteiger partial charge in [0, 0.05) is 16.7 Å². The van der Waals surface area contributed by atoms with Gasteiger partial charge < -0.3 is 5.32 Å². The van der Waals surface area contributed by atoms with Gasteiger partial charge in [-0.1, -0.05) is 27.7 Å².